The molecular formula is C14H20F3NO. The van der Waals surface area contributed by atoms with Crippen LogP contribution in [0.15, 0.2) is 18.2 Å². The third-order valence-corrected chi connectivity index (χ3v) is 2.92. The zero-order valence-electron chi connectivity index (χ0n) is 11.5. The van der Waals surface area contributed by atoms with E-state index >= 15 is 0 Å². The molecule has 0 aromatic heterocycles. The van der Waals surface area contributed by atoms with Gasteiger partial charge in [-0.25, -0.2) is 0 Å². The van der Waals surface area contributed by atoms with Gasteiger partial charge in [0.25, 0.3) is 0 Å². The summed E-state index contributed by atoms with van der Waals surface area (Å²) >= 11 is 0. The zero-order valence-corrected chi connectivity index (χ0v) is 11.5. The van der Waals surface area contributed by atoms with Crippen LogP contribution in [0.1, 0.15) is 38.7 Å². The van der Waals surface area contributed by atoms with Crippen LogP contribution < -0.4 is 10.1 Å². The molecule has 1 rings (SSSR count). The van der Waals surface area contributed by atoms with Crippen LogP contribution in [-0.2, 0) is 6.18 Å². The number of hydrogen-bond donors (Lipinski definition) is 1. The Bertz CT molecular complexity index is 404. The molecule has 108 valence electrons. The van der Waals surface area contributed by atoms with E-state index in [1.54, 1.807) is 0 Å². The van der Waals surface area contributed by atoms with Crippen LogP contribution in [0.3, 0.4) is 0 Å². The van der Waals surface area contributed by atoms with E-state index in [0.29, 0.717) is 0 Å². The quantitative estimate of drug-likeness (QED) is 0.812. The van der Waals surface area contributed by atoms with E-state index in [0.717, 1.165) is 25.3 Å². The van der Waals surface area contributed by atoms with Crippen molar-refractivity contribution in [1.29, 1.82) is 0 Å². The fraction of sp³-hybridized carbons (Fsp3) is 0.571. The summed E-state index contributed by atoms with van der Waals surface area (Å²) < 4.78 is 43.8. The maximum Gasteiger partial charge on any atom is 0.418 e. The monoisotopic (exact) mass is 275 g/mol. The lowest BCUT2D eigenvalue weighted by Gasteiger charge is -2.20. The van der Waals surface area contributed by atoms with Gasteiger partial charge in [-0.2, -0.15) is 13.2 Å². The van der Waals surface area contributed by atoms with Crippen molar-refractivity contribution < 1.29 is 17.9 Å². The number of anilines is 1. The fourth-order valence-corrected chi connectivity index (χ4v) is 1.86. The molecule has 1 aromatic carbocycles. The van der Waals surface area contributed by atoms with Gasteiger partial charge >= 0.3 is 6.18 Å². The van der Waals surface area contributed by atoms with Gasteiger partial charge in [0.05, 0.1) is 12.7 Å². The van der Waals surface area contributed by atoms with Gasteiger partial charge in [0.2, 0.25) is 0 Å². The number of alkyl halides is 3. The number of benzene rings is 1. The molecule has 0 heterocycles. The van der Waals surface area contributed by atoms with Crippen molar-refractivity contribution in [1.82, 2.24) is 0 Å². The third kappa shape index (κ3) is 4.65. The van der Waals surface area contributed by atoms with Crippen LogP contribution in [-0.4, -0.2) is 13.2 Å². The number of ether oxygens (including phenoxy) is 1. The summed E-state index contributed by atoms with van der Waals surface area (Å²) in [5, 5.41) is 2.93. The molecule has 0 spiro atoms. The Labute approximate surface area is 112 Å². The number of hydrogen-bond acceptors (Lipinski definition) is 2. The topological polar surface area (TPSA) is 21.3 Å². The van der Waals surface area contributed by atoms with Gasteiger partial charge in [-0.15, -0.1) is 0 Å². The van der Waals surface area contributed by atoms with Gasteiger partial charge in [-0.1, -0.05) is 19.8 Å². The Morgan fingerprint density at radius 3 is 2.53 bits per heavy atom. The van der Waals surface area contributed by atoms with Crippen LogP contribution in [0.4, 0.5) is 18.9 Å². The highest BCUT2D eigenvalue weighted by Crippen LogP contribution is 2.37. The molecule has 1 aromatic rings. The Morgan fingerprint density at radius 1 is 1.32 bits per heavy atom. The molecule has 0 amide bonds. The van der Waals surface area contributed by atoms with Crippen molar-refractivity contribution in [3.8, 4) is 5.75 Å². The van der Waals surface area contributed by atoms with E-state index in [2.05, 4.69) is 12.2 Å². The van der Waals surface area contributed by atoms with Crippen molar-refractivity contribution in [3.63, 3.8) is 0 Å². The van der Waals surface area contributed by atoms with Crippen LogP contribution in [0, 0.1) is 0 Å². The third-order valence-electron chi connectivity index (χ3n) is 2.92. The van der Waals surface area contributed by atoms with Crippen molar-refractivity contribution >= 4 is 5.69 Å². The summed E-state index contributed by atoms with van der Waals surface area (Å²) in [5.41, 5.74) is -0.577. The zero-order chi connectivity index (χ0) is 14.5. The van der Waals surface area contributed by atoms with Gasteiger partial charge < -0.3 is 10.1 Å². The van der Waals surface area contributed by atoms with Gasteiger partial charge in [0, 0.05) is 11.7 Å². The number of halogens is 3. The molecule has 0 aliphatic carbocycles. The second-order valence-electron chi connectivity index (χ2n) is 4.60. The molecule has 0 saturated carbocycles. The van der Waals surface area contributed by atoms with E-state index in [1.807, 2.05) is 6.92 Å². The maximum atomic E-state index is 13.0. The van der Waals surface area contributed by atoms with E-state index in [4.69, 9.17) is 4.74 Å². The molecule has 0 aliphatic rings. The first-order chi connectivity index (χ1) is 8.88. The molecule has 0 saturated heterocycles. The largest absolute Gasteiger partial charge is 0.497 e. The molecule has 1 atom stereocenters. The summed E-state index contributed by atoms with van der Waals surface area (Å²) in [4.78, 5) is 0. The maximum absolute atomic E-state index is 13.0. The fourth-order valence-electron chi connectivity index (χ4n) is 1.86. The summed E-state index contributed by atoms with van der Waals surface area (Å²) in [6, 6.07) is 3.98. The molecule has 0 aliphatic heterocycles. The Kier molecular flexibility index (Phi) is 5.51. The van der Waals surface area contributed by atoms with E-state index < -0.39 is 11.7 Å². The summed E-state index contributed by atoms with van der Waals surface area (Å²) in [6.45, 7) is 3.95. The lowest BCUT2D eigenvalue weighted by Crippen LogP contribution is -2.18. The first-order valence-corrected chi connectivity index (χ1v) is 6.40. The molecule has 5 heteroatoms. The second-order valence-corrected chi connectivity index (χ2v) is 4.60. The molecule has 19 heavy (non-hydrogen) atoms. The van der Waals surface area contributed by atoms with Gasteiger partial charge in [-0.3, -0.25) is 0 Å². The SMILES string of the molecule is CCCCC(C)Nc1ccc(OC)cc1C(F)(F)F. The molecule has 0 fully saturated rings. The Hall–Kier alpha value is -1.39. The highest BCUT2D eigenvalue weighted by Gasteiger charge is 2.34. The first-order valence-electron chi connectivity index (χ1n) is 6.40. The minimum atomic E-state index is -4.39. The standard InChI is InChI=1S/C14H20F3NO/c1-4-5-6-10(2)18-13-8-7-11(19-3)9-12(13)14(15,16)17/h7-10,18H,4-6H2,1-3H3. The predicted molar refractivity (Wildman–Crippen MR) is 70.6 cm³/mol. The molecular weight excluding hydrogens is 255 g/mol. The summed E-state index contributed by atoms with van der Waals surface area (Å²) in [5.74, 6) is 0.207. The van der Waals surface area contributed by atoms with Crippen molar-refractivity contribution in [3.05, 3.63) is 23.8 Å². The minimum Gasteiger partial charge on any atom is -0.497 e. The molecule has 1 N–H and O–H groups in total. The number of nitrogens with one attached hydrogen (secondary N) is 1. The van der Waals surface area contributed by atoms with Gasteiger partial charge in [0.1, 0.15) is 5.75 Å². The average molecular weight is 275 g/mol. The van der Waals surface area contributed by atoms with Crippen molar-refractivity contribution in [2.45, 2.75) is 45.3 Å². The number of unbranched alkanes of at least 4 members (excludes halogenated alkanes) is 1. The molecule has 1 unspecified atom stereocenters. The first kappa shape index (κ1) is 15.7. The molecule has 0 bridgehead atoms. The molecule has 2 nitrogen and oxygen atoms in total. The van der Waals surface area contributed by atoms with Crippen LogP contribution >= 0.6 is 0 Å². The van der Waals surface area contributed by atoms with Gasteiger partial charge in [-0.05, 0) is 31.5 Å². The van der Waals surface area contributed by atoms with E-state index in [9.17, 15) is 13.2 Å². The van der Waals surface area contributed by atoms with Crippen LogP contribution in [0.25, 0.3) is 0 Å². The van der Waals surface area contributed by atoms with Gasteiger partial charge in [0.15, 0.2) is 0 Å². The smallest absolute Gasteiger partial charge is 0.418 e. The van der Waals surface area contributed by atoms with Crippen LogP contribution in [0.5, 0.6) is 5.75 Å². The highest BCUT2D eigenvalue weighted by molar-refractivity contribution is 5.56. The average Bonchev–Trinajstić information content (AvgIpc) is 2.35. The van der Waals surface area contributed by atoms with E-state index in [1.165, 1.54) is 19.2 Å². The van der Waals surface area contributed by atoms with Crippen molar-refractivity contribution in [2.75, 3.05) is 12.4 Å². The normalized spacial score (nSPS) is 13.2. The highest BCUT2D eigenvalue weighted by atomic mass is 19.4. The minimum absolute atomic E-state index is 0.00875. The lowest BCUT2D eigenvalue weighted by atomic mass is 10.1. The Morgan fingerprint density at radius 2 is 2.00 bits per heavy atom. The van der Waals surface area contributed by atoms with Crippen LogP contribution in [0.2, 0.25) is 0 Å². The van der Waals surface area contributed by atoms with Crippen molar-refractivity contribution in [2.24, 2.45) is 0 Å². The Balaban J connectivity index is 2.93. The summed E-state index contributed by atoms with van der Waals surface area (Å²) in [6.07, 6.45) is -1.52. The number of methoxy groups -OCH3 is 1. The lowest BCUT2D eigenvalue weighted by molar-refractivity contribution is -0.137. The summed E-state index contributed by atoms with van der Waals surface area (Å²) in [7, 11) is 1.35. The predicted octanol–water partition coefficient (Wildman–Crippen LogP) is 4.70. The number of rotatable bonds is 6. The van der Waals surface area contributed by atoms with E-state index in [-0.39, 0.29) is 17.5 Å². The molecule has 0 radical (unpaired) electrons. The second kappa shape index (κ2) is 6.68.